The van der Waals surface area contributed by atoms with Crippen LogP contribution >= 0.6 is 11.3 Å². The molecule has 0 unspecified atom stereocenters. The van der Waals surface area contributed by atoms with Gasteiger partial charge in [-0.3, -0.25) is 0 Å². The number of carbonyl (C=O) groups is 1. The van der Waals surface area contributed by atoms with E-state index in [0.717, 1.165) is 20.9 Å². The summed E-state index contributed by atoms with van der Waals surface area (Å²) in [6.07, 6.45) is 0. The summed E-state index contributed by atoms with van der Waals surface area (Å²) in [5.41, 5.74) is 3.50. The van der Waals surface area contributed by atoms with Gasteiger partial charge >= 0.3 is 5.97 Å². The lowest BCUT2D eigenvalue weighted by Crippen LogP contribution is -1.97. The Hall–Kier alpha value is -2.39. The maximum absolute atomic E-state index is 11.3. The quantitative estimate of drug-likeness (QED) is 0.730. The Morgan fingerprint density at radius 2 is 1.57 bits per heavy atom. The molecule has 3 aromatic rings. The van der Waals surface area contributed by atoms with Crippen molar-refractivity contribution in [3.05, 3.63) is 71.8 Å². The van der Waals surface area contributed by atoms with Crippen molar-refractivity contribution in [1.29, 1.82) is 0 Å². The fraction of sp³-hybridized carbons (Fsp3) is 0.0556. The second-order valence-electron chi connectivity index (χ2n) is 4.88. The molecule has 0 amide bonds. The van der Waals surface area contributed by atoms with E-state index in [0.29, 0.717) is 5.56 Å². The zero-order chi connectivity index (χ0) is 14.8. The minimum atomic E-state index is -0.893. The Balaban J connectivity index is 2.03. The summed E-state index contributed by atoms with van der Waals surface area (Å²) in [4.78, 5) is 13.4. The van der Waals surface area contributed by atoms with Crippen molar-refractivity contribution in [3.63, 3.8) is 0 Å². The standard InChI is InChI=1S/C18H14O2S/c1-12-6-8-13(9-7-12)16-10-11-17(21-16)14-4-2-3-5-15(14)18(19)20/h2-11H,1H3,(H,19,20). The predicted octanol–water partition coefficient (Wildman–Crippen LogP) is 5.09. The minimum absolute atomic E-state index is 0.342. The number of carboxylic acid groups (broad SMARTS) is 1. The molecular formula is C18H14O2S. The lowest BCUT2D eigenvalue weighted by molar-refractivity contribution is 0.0698. The highest BCUT2D eigenvalue weighted by Gasteiger charge is 2.13. The Morgan fingerprint density at radius 3 is 2.29 bits per heavy atom. The summed E-state index contributed by atoms with van der Waals surface area (Å²) in [5.74, 6) is -0.893. The fourth-order valence-corrected chi connectivity index (χ4v) is 3.29. The lowest BCUT2D eigenvalue weighted by Gasteiger charge is -2.03. The number of rotatable bonds is 3. The van der Waals surface area contributed by atoms with Crippen LogP contribution in [0.5, 0.6) is 0 Å². The van der Waals surface area contributed by atoms with Gasteiger partial charge in [0, 0.05) is 15.3 Å². The second kappa shape index (κ2) is 5.54. The molecule has 0 saturated heterocycles. The molecule has 0 fully saturated rings. The molecule has 104 valence electrons. The van der Waals surface area contributed by atoms with Crippen LogP contribution in [0, 0.1) is 6.92 Å². The molecule has 0 bridgehead atoms. The largest absolute Gasteiger partial charge is 0.478 e. The van der Waals surface area contributed by atoms with Crippen LogP contribution in [0.4, 0.5) is 0 Å². The third kappa shape index (κ3) is 2.73. The molecule has 2 nitrogen and oxygen atoms in total. The normalized spacial score (nSPS) is 10.5. The highest BCUT2D eigenvalue weighted by atomic mass is 32.1. The number of carboxylic acids is 1. The minimum Gasteiger partial charge on any atom is -0.478 e. The number of benzene rings is 2. The van der Waals surface area contributed by atoms with Gasteiger partial charge in [0.05, 0.1) is 5.56 Å². The van der Waals surface area contributed by atoms with Crippen molar-refractivity contribution in [2.45, 2.75) is 6.92 Å². The second-order valence-corrected chi connectivity index (χ2v) is 5.96. The molecule has 0 saturated carbocycles. The van der Waals surface area contributed by atoms with Crippen LogP contribution in [0.3, 0.4) is 0 Å². The van der Waals surface area contributed by atoms with E-state index in [-0.39, 0.29) is 0 Å². The molecule has 0 aliphatic heterocycles. The summed E-state index contributed by atoms with van der Waals surface area (Å²) < 4.78 is 0. The molecule has 21 heavy (non-hydrogen) atoms. The van der Waals surface area contributed by atoms with Gasteiger partial charge in [0.25, 0.3) is 0 Å². The maximum Gasteiger partial charge on any atom is 0.336 e. The Bertz CT molecular complexity index is 785. The average Bonchev–Trinajstić information content (AvgIpc) is 2.97. The topological polar surface area (TPSA) is 37.3 Å². The first-order valence-corrected chi connectivity index (χ1v) is 7.46. The Kier molecular flexibility index (Phi) is 3.59. The molecule has 3 heteroatoms. The fourth-order valence-electron chi connectivity index (χ4n) is 2.24. The summed E-state index contributed by atoms with van der Waals surface area (Å²) in [6, 6.07) is 19.5. The molecule has 0 radical (unpaired) electrons. The Morgan fingerprint density at radius 1 is 0.905 bits per heavy atom. The van der Waals surface area contributed by atoms with Crippen LogP contribution < -0.4 is 0 Å². The monoisotopic (exact) mass is 294 g/mol. The molecule has 0 aliphatic rings. The Labute approximate surface area is 127 Å². The van der Waals surface area contributed by atoms with Crippen LogP contribution in [-0.4, -0.2) is 11.1 Å². The predicted molar refractivity (Wildman–Crippen MR) is 86.9 cm³/mol. The highest BCUT2D eigenvalue weighted by molar-refractivity contribution is 7.18. The first-order valence-electron chi connectivity index (χ1n) is 6.65. The van der Waals surface area contributed by atoms with E-state index in [9.17, 15) is 9.90 Å². The van der Waals surface area contributed by atoms with Crippen molar-refractivity contribution in [3.8, 4) is 20.9 Å². The van der Waals surface area contributed by atoms with E-state index in [1.54, 1.807) is 23.5 Å². The molecule has 0 atom stereocenters. The first-order chi connectivity index (χ1) is 10.1. The van der Waals surface area contributed by atoms with Gasteiger partial charge in [-0.25, -0.2) is 4.79 Å². The average molecular weight is 294 g/mol. The van der Waals surface area contributed by atoms with Gasteiger partial charge in [0.15, 0.2) is 0 Å². The SMILES string of the molecule is Cc1ccc(-c2ccc(-c3ccccc3C(=O)O)s2)cc1. The third-order valence-corrected chi connectivity index (χ3v) is 4.53. The smallest absolute Gasteiger partial charge is 0.336 e. The van der Waals surface area contributed by atoms with Gasteiger partial charge in [-0.2, -0.15) is 0 Å². The summed E-state index contributed by atoms with van der Waals surface area (Å²) >= 11 is 1.61. The van der Waals surface area contributed by atoms with E-state index in [1.807, 2.05) is 24.3 Å². The zero-order valence-electron chi connectivity index (χ0n) is 11.5. The number of hydrogen-bond donors (Lipinski definition) is 1. The van der Waals surface area contributed by atoms with Crippen molar-refractivity contribution < 1.29 is 9.90 Å². The van der Waals surface area contributed by atoms with E-state index in [2.05, 4.69) is 31.2 Å². The molecule has 1 N–H and O–H groups in total. The van der Waals surface area contributed by atoms with Crippen LogP contribution in [0.15, 0.2) is 60.7 Å². The zero-order valence-corrected chi connectivity index (χ0v) is 12.4. The van der Waals surface area contributed by atoms with Crippen molar-refractivity contribution in [1.82, 2.24) is 0 Å². The van der Waals surface area contributed by atoms with Gasteiger partial charge in [0.1, 0.15) is 0 Å². The van der Waals surface area contributed by atoms with E-state index in [4.69, 9.17) is 0 Å². The van der Waals surface area contributed by atoms with Gasteiger partial charge < -0.3 is 5.11 Å². The molecule has 0 aliphatic carbocycles. The first kappa shape index (κ1) is 13.6. The van der Waals surface area contributed by atoms with Crippen molar-refractivity contribution in [2.75, 3.05) is 0 Å². The highest BCUT2D eigenvalue weighted by Crippen LogP contribution is 2.35. The molecule has 1 heterocycles. The lowest BCUT2D eigenvalue weighted by atomic mass is 10.1. The van der Waals surface area contributed by atoms with Crippen LogP contribution in [-0.2, 0) is 0 Å². The molecule has 0 spiro atoms. The van der Waals surface area contributed by atoms with Crippen LogP contribution in [0.2, 0.25) is 0 Å². The number of aryl methyl sites for hydroxylation is 1. The van der Waals surface area contributed by atoms with E-state index in [1.165, 1.54) is 5.56 Å². The van der Waals surface area contributed by atoms with Gasteiger partial charge in [0.2, 0.25) is 0 Å². The van der Waals surface area contributed by atoms with Gasteiger partial charge in [-0.05, 0) is 30.7 Å². The molecule has 3 rings (SSSR count). The summed E-state index contributed by atoms with van der Waals surface area (Å²) in [6.45, 7) is 2.06. The van der Waals surface area contributed by atoms with Crippen LogP contribution in [0.25, 0.3) is 20.9 Å². The summed E-state index contributed by atoms with van der Waals surface area (Å²) in [5, 5.41) is 9.29. The number of thiophene rings is 1. The third-order valence-electron chi connectivity index (χ3n) is 3.37. The van der Waals surface area contributed by atoms with Gasteiger partial charge in [-0.1, -0.05) is 48.0 Å². The molecule has 2 aromatic carbocycles. The van der Waals surface area contributed by atoms with Crippen molar-refractivity contribution in [2.24, 2.45) is 0 Å². The van der Waals surface area contributed by atoms with E-state index < -0.39 is 5.97 Å². The van der Waals surface area contributed by atoms with Gasteiger partial charge in [-0.15, -0.1) is 11.3 Å². The van der Waals surface area contributed by atoms with E-state index >= 15 is 0 Å². The number of hydrogen-bond acceptors (Lipinski definition) is 2. The number of aromatic carboxylic acids is 1. The van der Waals surface area contributed by atoms with Crippen molar-refractivity contribution >= 4 is 17.3 Å². The molecular weight excluding hydrogens is 280 g/mol. The summed E-state index contributed by atoms with van der Waals surface area (Å²) in [7, 11) is 0. The molecule has 1 aromatic heterocycles. The maximum atomic E-state index is 11.3. The van der Waals surface area contributed by atoms with Crippen LogP contribution in [0.1, 0.15) is 15.9 Å².